The third-order valence-electron chi connectivity index (χ3n) is 1.54. The van der Waals surface area contributed by atoms with E-state index in [0.29, 0.717) is 11.2 Å². The van der Waals surface area contributed by atoms with Crippen molar-refractivity contribution in [2.45, 2.75) is 26.8 Å². The van der Waals surface area contributed by atoms with E-state index in [-0.39, 0.29) is 0 Å². The molecule has 0 N–H and O–H groups in total. The standard InChI is InChI=1S/C7H11ClN2/c1-5(2)10-4-9-7(8)6(10)3/h4-5H,1-3H3. The Morgan fingerprint density at radius 1 is 1.60 bits per heavy atom. The normalized spacial score (nSPS) is 10.9. The molecule has 2 nitrogen and oxygen atoms in total. The lowest BCUT2D eigenvalue weighted by molar-refractivity contribution is 0.585. The molecular formula is C7H11ClN2. The van der Waals surface area contributed by atoms with E-state index in [1.807, 2.05) is 11.5 Å². The van der Waals surface area contributed by atoms with Crippen LogP contribution in [0.2, 0.25) is 5.15 Å². The Kier molecular flexibility index (Phi) is 2.00. The van der Waals surface area contributed by atoms with Gasteiger partial charge in [-0.2, -0.15) is 0 Å². The first-order valence-corrected chi connectivity index (χ1v) is 3.69. The van der Waals surface area contributed by atoms with Crippen LogP contribution in [0.25, 0.3) is 0 Å². The summed E-state index contributed by atoms with van der Waals surface area (Å²) < 4.78 is 2.04. The highest BCUT2D eigenvalue weighted by atomic mass is 35.5. The second-order valence-corrected chi connectivity index (χ2v) is 2.98. The molecule has 56 valence electrons. The van der Waals surface area contributed by atoms with E-state index in [9.17, 15) is 0 Å². The molecule has 0 aliphatic rings. The molecule has 3 heteroatoms. The highest BCUT2D eigenvalue weighted by molar-refractivity contribution is 6.30. The zero-order chi connectivity index (χ0) is 7.72. The summed E-state index contributed by atoms with van der Waals surface area (Å²) in [5.41, 5.74) is 1.04. The van der Waals surface area contributed by atoms with E-state index in [0.717, 1.165) is 5.69 Å². The molecule has 1 aromatic heterocycles. The molecule has 0 amide bonds. The lowest BCUT2D eigenvalue weighted by atomic mass is 10.4. The van der Waals surface area contributed by atoms with Crippen LogP contribution in [0.4, 0.5) is 0 Å². The fourth-order valence-electron chi connectivity index (χ4n) is 0.920. The lowest BCUT2D eigenvalue weighted by Gasteiger charge is -2.07. The molecule has 0 aromatic carbocycles. The molecule has 0 aliphatic heterocycles. The molecule has 0 saturated carbocycles. The van der Waals surface area contributed by atoms with E-state index in [4.69, 9.17) is 11.6 Å². The summed E-state index contributed by atoms with van der Waals surface area (Å²) in [6.45, 7) is 6.17. The molecule has 0 atom stereocenters. The molecule has 0 spiro atoms. The second-order valence-electron chi connectivity index (χ2n) is 2.62. The molecule has 1 heterocycles. The van der Waals surface area contributed by atoms with Crippen LogP contribution >= 0.6 is 11.6 Å². The van der Waals surface area contributed by atoms with Gasteiger partial charge in [0.15, 0.2) is 0 Å². The van der Waals surface area contributed by atoms with Crippen molar-refractivity contribution in [2.24, 2.45) is 0 Å². The monoisotopic (exact) mass is 158 g/mol. The number of imidazole rings is 1. The van der Waals surface area contributed by atoms with Crippen molar-refractivity contribution in [3.8, 4) is 0 Å². The number of hydrogen-bond donors (Lipinski definition) is 0. The maximum atomic E-state index is 5.74. The lowest BCUT2D eigenvalue weighted by Crippen LogP contribution is -2.00. The zero-order valence-electron chi connectivity index (χ0n) is 6.43. The van der Waals surface area contributed by atoms with Crippen LogP contribution in [0.15, 0.2) is 6.33 Å². The van der Waals surface area contributed by atoms with Crippen LogP contribution in [0, 0.1) is 6.92 Å². The molecule has 1 rings (SSSR count). The summed E-state index contributed by atoms with van der Waals surface area (Å²) in [4.78, 5) is 3.97. The Labute approximate surface area is 65.8 Å². The number of nitrogens with zero attached hydrogens (tertiary/aromatic N) is 2. The van der Waals surface area contributed by atoms with Gasteiger partial charge >= 0.3 is 0 Å². The van der Waals surface area contributed by atoms with Crippen molar-refractivity contribution < 1.29 is 0 Å². The molecule has 0 aliphatic carbocycles. The number of hydrogen-bond acceptors (Lipinski definition) is 1. The minimum Gasteiger partial charge on any atom is -0.331 e. The minimum absolute atomic E-state index is 0.444. The Morgan fingerprint density at radius 2 is 2.20 bits per heavy atom. The van der Waals surface area contributed by atoms with E-state index in [1.165, 1.54) is 0 Å². The van der Waals surface area contributed by atoms with Gasteiger partial charge < -0.3 is 4.57 Å². The Hall–Kier alpha value is -0.500. The molecule has 0 radical (unpaired) electrons. The van der Waals surface area contributed by atoms with Gasteiger partial charge in [0.25, 0.3) is 0 Å². The van der Waals surface area contributed by atoms with Crippen molar-refractivity contribution in [3.63, 3.8) is 0 Å². The molecule has 0 unspecified atom stereocenters. The van der Waals surface area contributed by atoms with Crippen LogP contribution in [0.3, 0.4) is 0 Å². The van der Waals surface area contributed by atoms with Gasteiger partial charge in [0.05, 0.1) is 12.0 Å². The maximum absolute atomic E-state index is 5.74. The second kappa shape index (κ2) is 2.62. The van der Waals surface area contributed by atoms with Gasteiger partial charge in [-0.05, 0) is 20.8 Å². The Bertz CT molecular complexity index is 228. The van der Waals surface area contributed by atoms with Crippen LogP contribution < -0.4 is 0 Å². The molecule has 10 heavy (non-hydrogen) atoms. The van der Waals surface area contributed by atoms with E-state index < -0.39 is 0 Å². The number of halogens is 1. The van der Waals surface area contributed by atoms with Crippen molar-refractivity contribution >= 4 is 11.6 Å². The molecule has 0 fully saturated rings. The van der Waals surface area contributed by atoms with Gasteiger partial charge in [-0.1, -0.05) is 11.6 Å². The minimum atomic E-state index is 0.444. The highest BCUT2D eigenvalue weighted by Gasteiger charge is 2.04. The quantitative estimate of drug-likeness (QED) is 0.614. The smallest absolute Gasteiger partial charge is 0.149 e. The SMILES string of the molecule is Cc1c(Cl)ncn1C(C)C. The largest absolute Gasteiger partial charge is 0.331 e. The average molecular weight is 159 g/mol. The van der Waals surface area contributed by atoms with Gasteiger partial charge in [-0.15, -0.1) is 0 Å². The third kappa shape index (κ3) is 1.16. The fraction of sp³-hybridized carbons (Fsp3) is 0.571. The van der Waals surface area contributed by atoms with Gasteiger partial charge in [0.1, 0.15) is 5.15 Å². The third-order valence-corrected chi connectivity index (χ3v) is 1.91. The zero-order valence-corrected chi connectivity index (χ0v) is 7.18. The van der Waals surface area contributed by atoms with Crippen LogP contribution in [-0.2, 0) is 0 Å². The summed E-state index contributed by atoms with van der Waals surface area (Å²) in [7, 11) is 0. The van der Waals surface area contributed by atoms with Crippen LogP contribution in [0.1, 0.15) is 25.6 Å². The first-order chi connectivity index (χ1) is 4.63. The molecule has 0 saturated heterocycles. The van der Waals surface area contributed by atoms with Crippen molar-refractivity contribution in [3.05, 3.63) is 17.2 Å². The van der Waals surface area contributed by atoms with Gasteiger partial charge in [-0.3, -0.25) is 0 Å². The topological polar surface area (TPSA) is 17.8 Å². The van der Waals surface area contributed by atoms with Gasteiger partial charge in [0, 0.05) is 6.04 Å². The summed E-state index contributed by atoms with van der Waals surface area (Å²) in [6.07, 6.45) is 1.77. The Morgan fingerprint density at radius 3 is 2.40 bits per heavy atom. The van der Waals surface area contributed by atoms with Gasteiger partial charge in [-0.25, -0.2) is 4.98 Å². The van der Waals surface area contributed by atoms with E-state index >= 15 is 0 Å². The summed E-state index contributed by atoms with van der Waals surface area (Å²) in [5.74, 6) is 0. The molecular weight excluding hydrogens is 148 g/mol. The predicted molar refractivity (Wildman–Crippen MR) is 42.4 cm³/mol. The first kappa shape index (κ1) is 7.61. The number of rotatable bonds is 1. The van der Waals surface area contributed by atoms with Gasteiger partial charge in [0.2, 0.25) is 0 Å². The van der Waals surface area contributed by atoms with Crippen molar-refractivity contribution in [2.75, 3.05) is 0 Å². The summed E-state index contributed by atoms with van der Waals surface area (Å²) >= 11 is 5.74. The van der Waals surface area contributed by atoms with Crippen LogP contribution in [-0.4, -0.2) is 9.55 Å². The molecule has 0 bridgehead atoms. The van der Waals surface area contributed by atoms with E-state index in [1.54, 1.807) is 6.33 Å². The summed E-state index contributed by atoms with van der Waals surface area (Å²) in [6, 6.07) is 0.444. The molecule has 1 aromatic rings. The highest BCUT2D eigenvalue weighted by Crippen LogP contribution is 2.15. The predicted octanol–water partition coefficient (Wildman–Crippen LogP) is 2.43. The number of aromatic nitrogens is 2. The first-order valence-electron chi connectivity index (χ1n) is 3.32. The van der Waals surface area contributed by atoms with Crippen LogP contribution in [0.5, 0.6) is 0 Å². The van der Waals surface area contributed by atoms with Crippen molar-refractivity contribution in [1.82, 2.24) is 9.55 Å². The van der Waals surface area contributed by atoms with Crippen molar-refractivity contribution in [1.29, 1.82) is 0 Å². The summed E-state index contributed by atoms with van der Waals surface area (Å²) in [5, 5.41) is 0.605. The van der Waals surface area contributed by atoms with E-state index in [2.05, 4.69) is 18.8 Å². The Balaban J connectivity index is 3.05. The average Bonchev–Trinajstić information content (AvgIpc) is 2.14. The fourth-order valence-corrected chi connectivity index (χ4v) is 1.06. The maximum Gasteiger partial charge on any atom is 0.149 e.